The van der Waals surface area contributed by atoms with Crippen molar-refractivity contribution in [2.75, 3.05) is 0 Å². The van der Waals surface area contributed by atoms with Gasteiger partial charge in [-0.3, -0.25) is 4.79 Å². The van der Waals surface area contributed by atoms with Gasteiger partial charge in [-0.25, -0.2) is 0 Å². The predicted molar refractivity (Wildman–Crippen MR) is 88.4 cm³/mol. The van der Waals surface area contributed by atoms with Crippen LogP contribution >= 0.6 is 0 Å². The van der Waals surface area contributed by atoms with E-state index in [-0.39, 0.29) is 18.3 Å². The Labute approximate surface area is 133 Å². The summed E-state index contributed by atoms with van der Waals surface area (Å²) in [5, 5.41) is 0. The summed E-state index contributed by atoms with van der Waals surface area (Å²) in [7, 11) is -0.313. The third-order valence-electron chi connectivity index (χ3n) is 5.42. The second-order valence-electron chi connectivity index (χ2n) is 7.59. The Morgan fingerprint density at radius 2 is 1.64 bits per heavy atom. The molecule has 0 aromatic heterocycles. The Balaban J connectivity index is 1.74. The molecule has 0 radical (unpaired) electrons. The van der Waals surface area contributed by atoms with Crippen LogP contribution in [0.4, 0.5) is 0 Å². The van der Waals surface area contributed by atoms with Gasteiger partial charge in [0.05, 0.1) is 11.2 Å². The van der Waals surface area contributed by atoms with Crippen molar-refractivity contribution in [1.29, 1.82) is 0 Å². The van der Waals surface area contributed by atoms with Gasteiger partial charge in [0, 0.05) is 12.8 Å². The topological polar surface area (TPSA) is 35.5 Å². The molecule has 1 heterocycles. The molecule has 1 aliphatic carbocycles. The molecular weight excluding hydrogens is 275 g/mol. The largest absolute Gasteiger partial charge is 0.494 e. The molecule has 3 nitrogen and oxygen atoms in total. The molecule has 118 valence electrons. The fraction of sp³-hybridized carbons (Fsp3) is 0.611. The summed E-state index contributed by atoms with van der Waals surface area (Å²) < 4.78 is 12.2. The number of benzene rings is 1. The van der Waals surface area contributed by atoms with Crippen molar-refractivity contribution < 1.29 is 14.1 Å². The Morgan fingerprint density at radius 3 is 2.18 bits per heavy atom. The van der Waals surface area contributed by atoms with Crippen molar-refractivity contribution in [2.45, 2.75) is 70.5 Å². The third-order valence-corrected chi connectivity index (χ3v) is 5.42. The zero-order chi connectivity index (χ0) is 16.0. The van der Waals surface area contributed by atoms with Crippen molar-refractivity contribution in [2.24, 2.45) is 0 Å². The van der Waals surface area contributed by atoms with Crippen LogP contribution in [0.3, 0.4) is 0 Å². The van der Waals surface area contributed by atoms with E-state index in [4.69, 9.17) is 9.31 Å². The standard InChI is InChI=1S/C18H25BO3/c1-17(2)18(3,4)22-19(21-17)15-10-8-13(9-11-15)14-6-5-7-16(20)12-14/h8-11,14H,5-7,12H2,1-4H3. The van der Waals surface area contributed by atoms with Gasteiger partial charge in [0.15, 0.2) is 0 Å². The van der Waals surface area contributed by atoms with E-state index in [1.165, 1.54) is 5.56 Å². The SMILES string of the molecule is CC1(C)OB(c2ccc(C3CCCC(=O)C3)cc2)OC1(C)C. The number of carbonyl (C=O) groups excluding carboxylic acids is 1. The first-order valence-electron chi connectivity index (χ1n) is 8.26. The molecule has 22 heavy (non-hydrogen) atoms. The molecule has 3 rings (SSSR count). The van der Waals surface area contributed by atoms with Gasteiger partial charge in [-0.15, -0.1) is 0 Å². The molecule has 0 bridgehead atoms. The summed E-state index contributed by atoms with van der Waals surface area (Å²) in [6.07, 6.45) is 3.57. The Hall–Kier alpha value is -1.13. The van der Waals surface area contributed by atoms with Gasteiger partial charge in [0.2, 0.25) is 0 Å². The minimum Gasteiger partial charge on any atom is -0.399 e. The molecule has 1 atom stereocenters. The lowest BCUT2D eigenvalue weighted by atomic mass is 9.77. The van der Waals surface area contributed by atoms with Crippen LogP contribution in [0.5, 0.6) is 0 Å². The van der Waals surface area contributed by atoms with Crippen molar-refractivity contribution in [1.82, 2.24) is 0 Å². The first-order chi connectivity index (χ1) is 10.3. The van der Waals surface area contributed by atoms with Crippen LogP contribution < -0.4 is 5.46 Å². The smallest absolute Gasteiger partial charge is 0.399 e. The van der Waals surface area contributed by atoms with Gasteiger partial charge in [-0.05, 0) is 57.5 Å². The fourth-order valence-electron chi connectivity index (χ4n) is 3.21. The summed E-state index contributed by atoms with van der Waals surface area (Å²) in [5.41, 5.74) is 1.68. The highest BCUT2D eigenvalue weighted by Crippen LogP contribution is 2.36. The van der Waals surface area contributed by atoms with E-state index in [2.05, 4.69) is 52.0 Å². The van der Waals surface area contributed by atoms with E-state index in [0.29, 0.717) is 18.1 Å². The quantitative estimate of drug-likeness (QED) is 0.787. The normalized spacial score (nSPS) is 27.2. The molecule has 4 heteroatoms. The van der Waals surface area contributed by atoms with Gasteiger partial charge >= 0.3 is 7.12 Å². The van der Waals surface area contributed by atoms with Gasteiger partial charge in [0.25, 0.3) is 0 Å². The van der Waals surface area contributed by atoms with E-state index >= 15 is 0 Å². The average Bonchev–Trinajstić information content (AvgIpc) is 2.68. The minimum absolute atomic E-state index is 0.313. The molecule has 1 aromatic carbocycles. The predicted octanol–water partition coefficient (Wildman–Crippen LogP) is 3.21. The average molecular weight is 300 g/mol. The first-order valence-corrected chi connectivity index (χ1v) is 8.26. The molecule has 1 saturated carbocycles. The highest BCUT2D eigenvalue weighted by atomic mass is 16.7. The van der Waals surface area contributed by atoms with Crippen LogP contribution in [0, 0.1) is 0 Å². The molecule has 1 aliphatic heterocycles. The zero-order valence-electron chi connectivity index (χ0n) is 14.0. The number of Topliss-reactive ketones (excluding diaryl/α,β-unsaturated/α-hetero) is 1. The Morgan fingerprint density at radius 1 is 1.05 bits per heavy atom. The summed E-state index contributed by atoms with van der Waals surface area (Å²) in [4.78, 5) is 11.6. The van der Waals surface area contributed by atoms with Crippen LogP contribution in [0.25, 0.3) is 0 Å². The molecule has 0 amide bonds. The van der Waals surface area contributed by atoms with Crippen molar-refractivity contribution in [3.05, 3.63) is 29.8 Å². The molecule has 1 aromatic rings. The van der Waals surface area contributed by atoms with Gasteiger partial charge < -0.3 is 9.31 Å². The lowest BCUT2D eigenvalue weighted by Gasteiger charge is -2.32. The van der Waals surface area contributed by atoms with Crippen molar-refractivity contribution in [3.63, 3.8) is 0 Å². The first kappa shape index (κ1) is 15.8. The van der Waals surface area contributed by atoms with E-state index in [9.17, 15) is 4.79 Å². The Bertz CT molecular complexity index is 546. The van der Waals surface area contributed by atoms with Crippen molar-refractivity contribution in [3.8, 4) is 0 Å². The Kier molecular flexibility index (Phi) is 3.94. The molecule has 0 N–H and O–H groups in total. The maximum atomic E-state index is 11.6. The molecule has 0 spiro atoms. The molecule has 1 saturated heterocycles. The molecular formula is C18H25BO3. The number of carbonyl (C=O) groups is 1. The molecule has 2 aliphatic rings. The van der Waals surface area contributed by atoms with E-state index in [0.717, 1.165) is 24.7 Å². The summed E-state index contributed by atoms with van der Waals surface area (Å²) in [6.45, 7) is 8.26. The molecule has 1 unspecified atom stereocenters. The van der Waals surface area contributed by atoms with Crippen LogP contribution in [0.2, 0.25) is 0 Å². The highest BCUT2D eigenvalue weighted by molar-refractivity contribution is 6.62. The van der Waals surface area contributed by atoms with Gasteiger partial charge in [-0.1, -0.05) is 24.3 Å². The summed E-state index contributed by atoms with van der Waals surface area (Å²) >= 11 is 0. The van der Waals surface area contributed by atoms with Crippen LogP contribution in [0.1, 0.15) is 64.9 Å². The lowest BCUT2D eigenvalue weighted by Crippen LogP contribution is -2.41. The van der Waals surface area contributed by atoms with Crippen molar-refractivity contribution >= 4 is 18.4 Å². The third kappa shape index (κ3) is 2.87. The van der Waals surface area contributed by atoms with Gasteiger partial charge in [-0.2, -0.15) is 0 Å². The summed E-state index contributed by atoms with van der Waals surface area (Å²) in [6, 6.07) is 8.42. The molecule has 2 fully saturated rings. The second kappa shape index (κ2) is 5.50. The number of hydrogen-bond donors (Lipinski definition) is 0. The number of hydrogen-bond acceptors (Lipinski definition) is 3. The van der Waals surface area contributed by atoms with Gasteiger partial charge in [0.1, 0.15) is 5.78 Å². The number of ketones is 1. The van der Waals surface area contributed by atoms with E-state index in [1.54, 1.807) is 0 Å². The summed E-state index contributed by atoms with van der Waals surface area (Å²) in [5.74, 6) is 0.778. The van der Waals surface area contributed by atoms with Crippen LogP contribution in [0.15, 0.2) is 24.3 Å². The minimum atomic E-state index is -0.313. The zero-order valence-corrected chi connectivity index (χ0v) is 14.0. The highest BCUT2D eigenvalue weighted by Gasteiger charge is 2.51. The number of rotatable bonds is 2. The van der Waals surface area contributed by atoms with E-state index < -0.39 is 0 Å². The fourth-order valence-corrected chi connectivity index (χ4v) is 3.21. The second-order valence-corrected chi connectivity index (χ2v) is 7.59. The lowest BCUT2D eigenvalue weighted by molar-refractivity contribution is -0.120. The monoisotopic (exact) mass is 300 g/mol. The van der Waals surface area contributed by atoms with Crippen LogP contribution in [-0.2, 0) is 14.1 Å². The maximum Gasteiger partial charge on any atom is 0.494 e. The maximum absolute atomic E-state index is 11.6. The van der Waals surface area contributed by atoms with E-state index in [1.807, 2.05) is 0 Å². The van der Waals surface area contributed by atoms with Crippen LogP contribution in [-0.4, -0.2) is 24.1 Å².